The van der Waals surface area contributed by atoms with Crippen molar-refractivity contribution in [3.05, 3.63) is 24.2 Å². The summed E-state index contributed by atoms with van der Waals surface area (Å²) in [5.41, 5.74) is 0. The van der Waals surface area contributed by atoms with Crippen molar-refractivity contribution in [2.75, 3.05) is 0 Å². The molecule has 0 bridgehead atoms. The van der Waals surface area contributed by atoms with Crippen molar-refractivity contribution in [1.29, 1.82) is 0 Å². The Morgan fingerprint density at radius 2 is 2.09 bits per heavy atom. The Balaban J connectivity index is 0.000001000. The molecule has 0 atom stereocenters. The third-order valence-corrected chi connectivity index (χ3v) is 0.930. The van der Waals surface area contributed by atoms with Gasteiger partial charge in [-0.05, 0) is 12.1 Å². The van der Waals surface area contributed by atoms with E-state index in [0.29, 0.717) is 0 Å². The molecule has 0 aliphatic heterocycles. The Morgan fingerprint density at radius 1 is 1.45 bits per heavy atom. The van der Waals surface area contributed by atoms with Crippen molar-refractivity contribution in [3.8, 4) is 0 Å². The fourth-order valence-corrected chi connectivity index (χ4v) is 0.508. The quantitative estimate of drug-likeness (QED) is 0.254. The zero-order valence-electron chi connectivity index (χ0n) is 5.87. The van der Waals surface area contributed by atoms with Crippen LogP contribution < -0.4 is 34.7 Å². The smallest absolute Gasteiger partial charge is 0.541 e. The van der Waals surface area contributed by atoms with Crippen molar-refractivity contribution >= 4 is 11.8 Å². The normalized spacial score (nSPS) is 8.36. The maximum Gasteiger partial charge on any atom is 1.00 e. The average Bonchev–Trinajstić information content (AvgIpc) is 2.36. The SMILES string of the molecule is O=C([O-])C(=O)c1ccco1.[Na+]. The summed E-state index contributed by atoms with van der Waals surface area (Å²) in [6.45, 7) is 0. The first-order chi connectivity index (χ1) is 4.72. The first-order valence-electron chi connectivity index (χ1n) is 2.51. The van der Waals surface area contributed by atoms with Crippen LogP contribution in [0.4, 0.5) is 0 Å². The van der Waals surface area contributed by atoms with E-state index in [-0.39, 0.29) is 35.3 Å². The summed E-state index contributed by atoms with van der Waals surface area (Å²) in [7, 11) is 0. The molecule has 0 N–H and O–H groups in total. The molecule has 0 aromatic carbocycles. The van der Waals surface area contributed by atoms with E-state index in [4.69, 9.17) is 0 Å². The molecule has 1 aromatic rings. The monoisotopic (exact) mass is 162 g/mol. The first kappa shape index (κ1) is 10.4. The second-order valence-corrected chi connectivity index (χ2v) is 1.59. The summed E-state index contributed by atoms with van der Waals surface area (Å²) < 4.78 is 4.49. The number of carbonyl (C=O) groups is 2. The van der Waals surface area contributed by atoms with Crippen LogP contribution in [-0.4, -0.2) is 11.8 Å². The molecule has 0 aliphatic carbocycles. The summed E-state index contributed by atoms with van der Waals surface area (Å²) in [4.78, 5) is 20.3. The predicted molar refractivity (Wildman–Crippen MR) is 28.0 cm³/mol. The molecular weight excluding hydrogens is 159 g/mol. The van der Waals surface area contributed by atoms with Crippen LogP contribution in [0.25, 0.3) is 0 Å². The molecule has 52 valence electrons. The molecule has 11 heavy (non-hydrogen) atoms. The minimum atomic E-state index is -1.75. The fraction of sp³-hybridized carbons (Fsp3) is 0. The van der Waals surface area contributed by atoms with Gasteiger partial charge in [0.15, 0.2) is 5.76 Å². The number of ketones is 1. The summed E-state index contributed by atoms with van der Waals surface area (Å²) in [6.07, 6.45) is 1.22. The van der Waals surface area contributed by atoms with Gasteiger partial charge in [-0.1, -0.05) is 0 Å². The maximum atomic E-state index is 10.4. The predicted octanol–water partition coefficient (Wildman–Crippen LogP) is -3.78. The van der Waals surface area contributed by atoms with Gasteiger partial charge in [-0.15, -0.1) is 0 Å². The molecule has 0 amide bonds. The number of hydrogen-bond acceptors (Lipinski definition) is 4. The van der Waals surface area contributed by atoms with E-state index in [1.54, 1.807) is 0 Å². The molecule has 0 saturated heterocycles. The Bertz CT molecular complexity index is 252. The van der Waals surface area contributed by atoms with Gasteiger partial charge in [0, 0.05) is 0 Å². The van der Waals surface area contributed by atoms with E-state index in [0.717, 1.165) is 0 Å². The third-order valence-electron chi connectivity index (χ3n) is 0.930. The molecule has 1 heterocycles. The van der Waals surface area contributed by atoms with Crippen LogP contribution in [0.5, 0.6) is 0 Å². The van der Waals surface area contributed by atoms with Crippen molar-refractivity contribution in [2.45, 2.75) is 0 Å². The number of Topliss-reactive ketones (excluding diaryl/α,β-unsaturated/α-hetero) is 1. The van der Waals surface area contributed by atoms with Crippen LogP contribution in [0.15, 0.2) is 22.8 Å². The van der Waals surface area contributed by atoms with Crippen molar-refractivity contribution < 1.29 is 48.7 Å². The van der Waals surface area contributed by atoms with E-state index >= 15 is 0 Å². The number of hydrogen-bond donors (Lipinski definition) is 0. The second-order valence-electron chi connectivity index (χ2n) is 1.59. The summed E-state index contributed by atoms with van der Waals surface area (Å²) in [5.74, 6) is -3.10. The number of aliphatic carboxylic acids is 1. The topological polar surface area (TPSA) is 70.3 Å². The van der Waals surface area contributed by atoms with Crippen LogP contribution in [-0.2, 0) is 4.79 Å². The third kappa shape index (κ3) is 2.49. The van der Waals surface area contributed by atoms with Crippen molar-refractivity contribution in [2.24, 2.45) is 0 Å². The molecule has 0 spiro atoms. The van der Waals surface area contributed by atoms with Crippen molar-refractivity contribution in [1.82, 2.24) is 0 Å². The van der Waals surface area contributed by atoms with Gasteiger partial charge in [-0.3, -0.25) is 4.79 Å². The average molecular weight is 162 g/mol. The zero-order valence-corrected chi connectivity index (χ0v) is 7.87. The van der Waals surface area contributed by atoms with Gasteiger partial charge in [0.2, 0.25) is 5.78 Å². The first-order valence-corrected chi connectivity index (χ1v) is 2.51. The van der Waals surface area contributed by atoms with Crippen LogP contribution in [0.3, 0.4) is 0 Å². The second kappa shape index (κ2) is 4.33. The number of carboxylic acid groups (broad SMARTS) is 1. The molecule has 5 heteroatoms. The van der Waals surface area contributed by atoms with Gasteiger partial charge in [-0.2, -0.15) is 0 Å². The Kier molecular flexibility index (Phi) is 4.10. The van der Waals surface area contributed by atoms with E-state index in [9.17, 15) is 14.7 Å². The van der Waals surface area contributed by atoms with Gasteiger partial charge >= 0.3 is 29.6 Å². The Hall–Kier alpha value is -0.580. The summed E-state index contributed by atoms with van der Waals surface area (Å²) in [5, 5.41) is 9.88. The van der Waals surface area contributed by atoms with Crippen LogP contribution in [0.2, 0.25) is 0 Å². The summed E-state index contributed by atoms with van der Waals surface area (Å²) >= 11 is 0. The molecule has 0 radical (unpaired) electrons. The van der Waals surface area contributed by atoms with E-state index in [2.05, 4.69) is 4.42 Å². The molecule has 4 nitrogen and oxygen atoms in total. The van der Waals surface area contributed by atoms with Gasteiger partial charge in [0.05, 0.1) is 6.26 Å². The molecule has 0 fully saturated rings. The van der Waals surface area contributed by atoms with Crippen molar-refractivity contribution in [3.63, 3.8) is 0 Å². The Labute approximate surface area is 84.5 Å². The van der Waals surface area contributed by atoms with Crippen LogP contribution in [0.1, 0.15) is 10.6 Å². The standard InChI is InChI=1S/C6H4O4.Na/c7-5(6(8)9)4-2-1-3-10-4;/h1-3H,(H,8,9);/q;+1/p-1. The summed E-state index contributed by atoms with van der Waals surface area (Å²) in [6, 6.07) is 2.69. The number of rotatable bonds is 2. The molecule has 0 saturated carbocycles. The van der Waals surface area contributed by atoms with Crippen LogP contribution in [0, 0.1) is 0 Å². The molecule has 0 unspecified atom stereocenters. The van der Waals surface area contributed by atoms with E-state index < -0.39 is 11.8 Å². The molecule has 0 aliphatic rings. The maximum absolute atomic E-state index is 10.4. The van der Waals surface area contributed by atoms with Gasteiger partial charge in [0.1, 0.15) is 5.97 Å². The van der Waals surface area contributed by atoms with E-state index in [1.807, 2.05) is 0 Å². The number of furan rings is 1. The van der Waals surface area contributed by atoms with Gasteiger partial charge < -0.3 is 14.3 Å². The minimum absolute atomic E-state index is 0. The zero-order chi connectivity index (χ0) is 7.56. The number of carbonyl (C=O) groups excluding carboxylic acids is 2. The molecular formula is C6H3NaO4. The molecule has 1 rings (SSSR count). The minimum Gasteiger partial charge on any atom is -0.541 e. The fourth-order valence-electron chi connectivity index (χ4n) is 0.508. The van der Waals surface area contributed by atoms with E-state index in [1.165, 1.54) is 18.4 Å². The molecule has 1 aromatic heterocycles. The Morgan fingerprint density at radius 3 is 2.45 bits per heavy atom. The van der Waals surface area contributed by atoms with Gasteiger partial charge in [-0.25, -0.2) is 0 Å². The van der Waals surface area contributed by atoms with Gasteiger partial charge in [0.25, 0.3) is 0 Å². The largest absolute Gasteiger partial charge is 1.00 e. The number of carboxylic acids is 1. The van der Waals surface area contributed by atoms with Crippen LogP contribution >= 0.6 is 0 Å².